The standard InChI is InChI=1S/C20H24N4OS/c1-12-14-10-25-20(2,3)9-13(14)15-16-17(26-19(15)23-12)18(22-11-21-16)24-7-5-4-6-8-24/h11H,4-10H2,1-3H3. The van der Waals surface area contributed by atoms with Crippen LogP contribution in [0.2, 0.25) is 0 Å². The Morgan fingerprint density at radius 3 is 2.73 bits per heavy atom. The molecule has 6 heteroatoms. The highest BCUT2D eigenvalue weighted by atomic mass is 32.1. The first-order valence-electron chi connectivity index (χ1n) is 9.48. The second kappa shape index (κ2) is 5.86. The van der Waals surface area contributed by atoms with Gasteiger partial charge < -0.3 is 9.64 Å². The van der Waals surface area contributed by atoms with Gasteiger partial charge in [0.05, 0.1) is 22.4 Å². The normalized spacial score (nSPS) is 19.9. The van der Waals surface area contributed by atoms with Gasteiger partial charge in [-0.15, -0.1) is 11.3 Å². The van der Waals surface area contributed by atoms with E-state index in [9.17, 15) is 0 Å². The monoisotopic (exact) mass is 368 g/mol. The van der Waals surface area contributed by atoms with E-state index in [-0.39, 0.29) is 5.60 Å². The second-order valence-corrected chi connectivity index (χ2v) is 9.08. The van der Waals surface area contributed by atoms with E-state index >= 15 is 0 Å². The van der Waals surface area contributed by atoms with Crippen molar-refractivity contribution in [3.63, 3.8) is 0 Å². The average molecular weight is 369 g/mol. The zero-order valence-corrected chi connectivity index (χ0v) is 16.4. The minimum absolute atomic E-state index is 0.148. The maximum Gasteiger partial charge on any atom is 0.150 e. The molecule has 2 aliphatic heterocycles. The Hall–Kier alpha value is -1.79. The van der Waals surface area contributed by atoms with Crippen LogP contribution in [0.4, 0.5) is 5.82 Å². The molecule has 3 aromatic heterocycles. The lowest BCUT2D eigenvalue weighted by atomic mass is 9.89. The molecule has 2 aliphatic rings. The highest BCUT2D eigenvalue weighted by Gasteiger charge is 2.31. The Labute approximate surface area is 157 Å². The van der Waals surface area contributed by atoms with Crippen molar-refractivity contribution in [2.75, 3.05) is 18.0 Å². The van der Waals surface area contributed by atoms with Gasteiger partial charge in [0.1, 0.15) is 17.0 Å². The van der Waals surface area contributed by atoms with Crippen LogP contribution in [0.3, 0.4) is 0 Å². The summed E-state index contributed by atoms with van der Waals surface area (Å²) in [7, 11) is 0. The molecule has 5 heterocycles. The lowest BCUT2D eigenvalue weighted by molar-refractivity contribution is -0.0400. The number of aromatic nitrogens is 3. The fourth-order valence-corrected chi connectivity index (χ4v) is 5.51. The number of piperidine rings is 1. The van der Waals surface area contributed by atoms with Crippen LogP contribution in [-0.2, 0) is 17.8 Å². The van der Waals surface area contributed by atoms with Crippen LogP contribution in [0.15, 0.2) is 6.33 Å². The molecule has 0 aliphatic carbocycles. The van der Waals surface area contributed by atoms with E-state index in [1.807, 2.05) is 0 Å². The molecule has 0 radical (unpaired) electrons. The molecule has 0 unspecified atom stereocenters. The van der Waals surface area contributed by atoms with Crippen LogP contribution in [0.25, 0.3) is 20.4 Å². The Bertz CT molecular complexity index is 1000. The van der Waals surface area contributed by atoms with Crippen molar-refractivity contribution in [3.05, 3.63) is 23.1 Å². The third kappa shape index (κ3) is 2.50. The van der Waals surface area contributed by atoms with Gasteiger partial charge in [-0.3, -0.25) is 0 Å². The van der Waals surface area contributed by atoms with E-state index in [1.165, 1.54) is 40.5 Å². The molecule has 0 atom stereocenters. The van der Waals surface area contributed by atoms with Crippen LogP contribution in [-0.4, -0.2) is 33.6 Å². The van der Waals surface area contributed by atoms with Gasteiger partial charge >= 0.3 is 0 Å². The van der Waals surface area contributed by atoms with E-state index in [0.29, 0.717) is 6.61 Å². The Morgan fingerprint density at radius 2 is 1.92 bits per heavy atom. The molecule has 5 nitrogen and oxygen atoms in total. The van der Waals surface area contributed by atoms with Gasteiger partial charge in [0.15, 0.2) is 0 Å². The fraction of sp³-hybridized carbons (Fsp3) is 0.550. The first kappa shape index (κ1) is 16.4. The van der Waals surface area contributed by atoms with E-state index < -0.39 is 0 Å². The van der Waals surface area contributed by atoms with Crippen molar-refractivity contribution in [1.82, 2.24) is 15.0 Å². The molecule has 0 bridgehead atoms. The van der Waals surface area contributed by atoms with Crippen molar-refractivity contribution in [2.45, 2.75) is 58.7 Å². The van der Waals surface area contributed by atoms with Crippen LogP contribution in [0.1, 0.15) is 49.9 Å². The first-order chi connectivity index (χ1) is 12.5. The molecule has 5 rings (SSSR count). The number of aryl methyl sites for hydroxylation is 1. The summed E-state index contributed by atoms with van der Waals surface area (Å²) < 4.78 is 7.24. The van der Waals surface area contributed by atoms with Gasteiger partial charge in [-0.25, -0.2) is 15.0 Å². The Kier molecular flexibility index (Phi) is 3.69. The lowest BCUT2D eigenvalue weighted by Gasteiger charge is -2.32. The maximum absolute atomic E-state index is 6.05. The van der Waals surface area contributed by atoms with E-state index in [4.69, 9.17) is 14.7 Å². The van der Waals surface area contributed by atoms with Gasteiger partial charge in [-0.1, -0.05) is 0 Å². The molecule has 0 aromatic carbocycles. The molecule has 3 aromatic rings. The number of ether oxygens (including phenoxy) is 1. The number of pyridine rings is 1. The van der Waals surface area contributed by atoms with Gasteiger partial charge in [-0.05, 0) is 45.6 Å². The summed E-state index contributed by atoms with van der Waals surface area (Å²) >= 11 is 1.75. The minimum atomic E-state index is -0.148. The van der Waals surface area contributed by atoms with Crippen molar-refractivity contribution in [1.29, 1.82) is 0 Å². The summed E-state index contributed by atoms with van der Waals surface area (Å²) in [4.78, 5) is 17.8. The quantitative estimate of drug-likeness (QED) is 0.638. The van der Waals surface area contributed by atoms with Crippen LogP contribution >= 0.6 is 11.3 Å². The molecule has 0 spiro atoms. The summed E-state index contributed by atoms with van der Waals surface area (Å²) in [6, 6.07) is 0. The third-order valence-electron chi connectivity index (χ3n) is 5.67. The second-order valence-electron chi connectivity index (χ2n) is 8.08. The van der Waals surface area contributed by atoms with Crippen LogP contribution in [0.5, 0.6) is 0 Å². The summed E-state index contributed by atoms with van der Waals surface area (Å²) in [6.45, 7) is 9.25. The van der Waals surface area contributed by atoms with Crippen molar-refractivity contribution < 1.29 is 4.74 Å². The van der Waals surface area contributed by atoms with E-state index in [0.717, 1.165) is 41.4 Å². The molecule has 0 N–H and O–H groups in total. The van der Waals surface area contributed by atoms with Gasteiger partial charge in [0.25, 0.3) is 0 Å². The number of rotatable bonds is 1. The molecule has 0 saturated carbocycles. The van der Waals surface area contributed by atoms with Crippen LogP contribution in [0, 0.1) is 6.92 Å². The molecular formula is C20H24N4OS. The number of thiophene rings is 1. The SMILES string of the molecule is Cc1nc2sc3c(N4CCCCC4)ncnc3c2c2c1COC(C)(C)C2. The van der Waals surface area contributed by atoms with Gasteiger partial charge in [0.2, 0.25) is 0 Å². The molecule has 0 amide bonds. The van der Waals surface area contributed by atoms with Crippen molar-refractivity contribution >= 4 is 37.6 Å². The van der Waals surface area contributed by atoms with Crippen LogP contribution < -0.4 is 4.90 Å². The van der Waals surface area contributed by atoms with Crippen molar-refractivity contribution in [3.8, 4) is 0 Å². The molecule has 1 saturated heterocycles. The smallest absolute Gasteiger partial charge is 0.150 e. The number of anilines is 1. The lowest BCUT2D eigenvalue weighted by Crippen LogP contribution is -2.32. The predicted octanol–water partition coefficient (Wildman–Crippen LogP) is 4.39. The summed E-state index contributed by atoms with van der Waals surface area (Å²) in [5, 5.41) is 1.22. The average Bonchev–Trinajstić information content (AvgIpc) is 2.99. The van der Waals surface area contributed by atoms with Gasteiger partial charge in [-0.2, -0.15) is 0 Å². The zero-order valence-electron chi connectivity index (χ0n) is 15.6. The number of fused-ring (bicyclic) bond motifs is 5. The van der Waals surface area contributed by atoms with E-state index in [2.05, 4.69) is 30.7 Å². The highest BCUT2D eigenvalue weighted by molar-refractivity contribution is 7.26. The highest BCUT2D eigenvalue weighted by Crippen LogP contribution is 2.42. The number of hydrogen-bond donors (Lipinski definition) is 0. The summed E-state index contributed by atoms with van der Waals surface area (Å²) in [6.07, 6.45) is 6.44. The topological polar surface area (TPSA) is 51.1 Å². The summed E-state index contributed by atoms with van der Waals surface area (Å²) in [5.74, 6) is 1.09. The molecular weight excluding hydrogens is 344 g/mol. The molecule has 1 fully saturated rings. The summed E-state index contributed by atoms with van der Waals surface area (Å²) in [5.41, 5.74) is 4.63. The first-order valence-corrected chi connectivity index (χ1v) is 10.3. The number of hydrogen-bond acceptors (Lipinski definition) is 6. The molecule has 26 heavy (non-hydrogen) atoms. The third-order valence-corrected chi connectivity index (χ3v) is 6.74. The van der Waals surface area contributed by atoms with Gasteiger partial charge in [0, 0.05) is 36.2 Å². The Balaban J connectivity index is 1.78. The zero-order chi connectivity index (χ0) is 17.9. The van der Waals surface area contributed by atoms with Crippen molar-refractivity contribution in [2.24, 2.45) is 0 Å². The molecule has 136 valence electrons. The predicted molar refractivity (Wildman–Crippen MR) is 106 cm³/mol. The maximum atomic E-state index is 6.05. The minimum Gasteiger partial charge on any atom is -0.370 e. The van der Waals surface area contributed by atoms with E-state index in [1.54, 1.807) is 17.7 Å². The largest absolute Gasteiger partial charge is 0.370 e. The Morgan fingerprint density at radius 1 is 1.12 bits per heavy atom. The fourth-order valence-electron chi connectivity index (χ4n) is 4.29. The number of nitrogens with zero attached hydrogens (tertiary/aromatic N) is 4.